The molecule has 1 aromatic carbocycles. The molecular formula is C16H15NO4S. The lowest BCUT2D eigenvalue weighted by atomic mass is 10.2. The van der Waals surface area contributed by atoms with Gasteiger partial charge in [-0.15, -0.1) is 11.3 Å². The van der Waals surface area contributed by atoms with Crippen LogP contribution in [0.15, 0.2) is 30.3 Å². The minimum absolute atomic E-state index is 0.0316. The number of fused-ring (bicyclic) bond motifs is 1. The van der Waals surface area contributed by atoms with E-state index in [0.717, 1.165) is 11.3 Å². The lowest BCUT2D eigenvalue weighted by molar-refractivity contribution is 0.0954. The number of hydrogen-bond donors (Lipinski definition) is 1. The van der Waals surface area contributed by atoms with Crippen molar-refractivity contribution >= 4 is 23.0 Å². The van der Waals surface area contributed by atoms with Gasteiger partial charge < -0.3 is 14.8 Å². The van der Waals surface area contributed by atoms with Gasteiger partial charge in [-0.1, -0.05) is 6.07 Å². The first-order valence-corrected chi connectivity index (χ1v) is 7.72. The van der Waals surface area contributed by atoms with E-state index >= 15 is 0 Å². The SMILES string of the molecule is CC(=O)c1ccc(C(=O)NCc2ccc3c(c2)OCCO3)s1. The van der Waals surface area contributed by atoms with Crippen LogP contribution in [0.25, 0.3) is 0 Å². The number of hydrogen-bond acceptors (Lipinski definition) is 5. The highest BCUT2D eigenvalue weighted by molar-refractivity contribution is 7.15. The Morgan fingerprint density at radius 2 is 1.82 bits per heavy atom. The van der Waals surface area contributed by atoms with Gasteiger partial charge in [-0.2, -0.15) is 0 Å². The second-order valence-electron chi connectivity index (χ2n) is 4.88. The van der Waals surface area contributed by atoms with Crippen LogP contribution in [-0.4, -0.2) is 24.9 Å². The van der Waals surface area contributed by atoms with Crippen LogP contribution in [0, 0.1) is 0 Å². The monoisotopic (exact) mass is 317 g/mol. The van der Waals surface area contributed by atoms with Crippen LogP contribution in [0.2, 0.25) is 0 Å². The van der Waals surface area contributed by atoms with Gasteiger partial charge in [0.15, 0.2) is 17.3 Å². The number of benzene rings is 1. The Kier molecular flexibility index (Phi) is 4.11. The third-order valence-corrected chi connectivity index (χ3v) is 4.42. The summed E-state index contributed by atoms with van der Waals surface area (Å²) in [4.78, 5) is 24.4. The van der Waals surface area contributed by atoms with Crippen LogP contribution in [-0.2, 0) is 6.54 Å². The first-order chi connectivity index (χ1) is 10.6. The highest BCUT2D eigenvalue weighted by atomic mass is 32.1. The van der Waals surface area contributed by atoms with Gasteiger partial charge in [-0.25, -0.2) is 0 Å². The third kappa shape index (κ3) is 3.12. The molecule has 0 bridgehead atoms. The number of thiophene rings is 1. The molecule has 2 heterocycles. The number of Topliss-reactive ketones (excluding diaryl/α,β-unsaturated/α-hetero) is 1. The molecule has 1 aliphatic rings. The van der Waals surface area contributed by atoms with Crippen molar-refractivity contribution in [3.8, 4) is 11.5 Å². The molecule has 1 amide bonds. The number of ether oxygens (including phenoxy) is 2. The average molecular weight is 317 g/mol. The zero-order valence-corrected chi connectivity index (χ0v) is 12.9. The molecule has 0 fully saturated rings. The van der Waals surface area contributed by atoms with Crippen molar-refractivity contribution in [2.24, 2.45) is 0 Å². The summed E-state index contributed by atoms with van der Waals surface area (Å²) in [5, 5.41) is 2.84. The van der Waals surface area contributed by atoms with Gasteiger partial charge in [0.1, 0.15) is 13.2 Å². The van der Waals surface area contributed by atoms with Crippen LogP contribution in [0.3, 0.4) is 0 Å². The molecule has 1 N–H and O–H groups in total. The van der Waals surface area contributed by atoms with E-state index in [-0.39, 0.29) is 11.7 Å². The predicted molar refractivity (Wildman–Crippen MR) is 82.9 cm³/mol. The highest BCUT2D eigenvalue weighted by Gasteiger charge is 2.13. The van der Waals surface area contributed by atoms with Gasteiger partial charge in [0.05, 0.1) is 9.75 Å². The molecule has 6 heteroatoms. The summed E-state index contributed by atoms with van der Waals surface area (Å²) in [5.74, 6) is 1.21. The predicted octanol–water partition coefficient (Wildman–Crippen LogP) is 2.65. The number of amides is 1. The number of ketones is 1. The van der Waals surface area contributed by atoms with E-state index in [1.165, 1.54) is 18.3 Å². The van der Waals surface area contributed by atoms with Crippen LogP contribution in [0.5, 0.6) is 11.5 Å². The Hall–Kier alpha value is -2.34. The molecule has 0 spiro atoms. The second-order valence-corrected chi connectivity index (χ2v) is 5.96. The molecule has 1 aliphatic heterocycles. The Bertz CT molecular complexity index is 723. The molecule has 5 nitrogen and oxygen atoms in total. The fraction of sp³-hybridized carbons (Fsp3) is 0.250. The van der Waals surface area contributed by atoms with Gasteiger partial charge >= 0.3 is 0 Å². The fourth-order valence-electron chi connectivity index (χ4n) is 2.12. The molecule has 1 aromatic heterocycles. The van der Waals surface area contributed by atoms with Crippen LogP contribution < -0.4 is 14.8 Å². The Labute approximate surface area is 131 Å². The Balaban J connectivity index is 1.64. The molecule has 0 saturated carbocycles. The zero-order valence-electron chi connectivity index (χ0n) is 12.0. The molecule has 22 heavy (non-hydrogen) atoms. The van der Waals surface area contributed by atoms with Crippen molar-refractivity contribution in [2.75, 3.05) is 13.2 Å². The third-order valence-electron chi connectivity index (χ3n) is 3.24. The normalized spacial score (nSPS) is 12.8. The summed E-state index contributed by atoms with van der Waals surface area (Å²) in [5.41, 5.74) is 0.931. The van der Waals surface area contributed by atoms with E-state index < -0.39 is 0 Å². The van der Waals surface area contributed by atoms with E-state index in [2.05, 4.69) is 5.32 Å². The molecule has 0 saturated heterocycles. The average Bonchev–Trinajstić information content (AvgIpc) is 3.03. The van der Waals surface area contributed by atoms with Crippen molar-refractivity contribution in [1.29, 1.82) is 0 Å². The van der Waals surface area contributed by atoms with Crippen molar-refractivity contribution in [1.82, 2.24) is 5.32 Å². The summed E-state index contributed by atoms with van der Waals surface area (Å²) >= 11 is 1.20. The lowest BCUT2D eigenvalue weighted by Gasteiger charge is -2.18. The van der Waals surface area contributed by atoms with E-state index in [1.807, 2.05) is 18.2 Å². The van der Waals surface area contributed by atoms with Gasteiger partial charge in [-0.05, 0) is 36.8 Å². The van der Waals surface area contributed by atoms with Crippen LogP contribution in [0.1, 0.15) is 31.8 Å². The molecule has 0 atom stereocenters. The Morgan fingerprint density at radius 3 is 2.55 bits per heavy atom. The summed E-state index contributed by atoms with van der Waals surface area (Å²) in [6.45, 7) is 2.97. The van der Waals surface area contributed by atoms with E-state index in [1.54, 1.807) is 12.1 Å². The summed E-state index contributed by atoms with van der Waals surface area (Å²) in [6, 6.07) is 8.94. The van der Waals surface area contributed by atoms with E-state index in [4.69, 9.17) is 9.47 Å². The molecule has 114 valence electrons. The van der Waals surface area contributed by atoms with E-state index in [9.17, 15) is 9.59 Å². The fourth-order valence-corrected chi connectivity index (χ4v) is 2.93. The number of rotatable bonds is 4. The Morgan fingerprint density at radius 1 is 1.09 bits per heavy atom. The first-order valence-electron chi connectivity index (χ1n) is 6.91. The van der Waals surface area contributed by atoms with Crippen molar-refractivity contribution in [3.63, 3.8) is 0 Å². The smallest absolute Gasteiger partial charge is 0.261 e. The molecule has 2 aromatic rings. The summed E-state index contributed by atoms with van der Waals surface area (Å²) in [6.07, 6.45) is 0. The maximum absolute atomic E-state index is 12.1. The maximum atomic E-state index is 12.1. The van der Waals surface area contributed by atoms with E-state index in [0.29, 0.717) is 35.3 Å². The largest absolute Gasteiger partial charge is 0.486 e. The van der Waals surface area contributed by atoms with Crippen LogP contribution in [0.4, 0.5) is 0 Å². The van der Waals surface area contributed by atoms with Gasteiger partial charge in [0.2, 0.25) is 0 Å². The van der Waals surface area contributed by atoms with Crippen molar-refractivity contribution in [2.45, 2.75) is 13.5 Å². The van der Waals surface area contributed by atoms with Gasteiger partial charge in [0.25, 0.3) is 5.91 Å². The summed E-state index contributed by atoms with van der Waals surface area (Å²) in [7, 11) is 0. The summed E-state index contributed by atoms with van der Waals surface area (Å²) < 4.78 is 11.0. The van der Waals surface area contributed by atoms with Gasteiger partial charge in [0, 0.05) is 6.54 Å². The minimum Gasteiger partial charge on any atom is -0.486 e. The molecule has 0 radical (unpaired) electrons. The number of carbonyl (C=O) groups is 2. The van der Waals surface area contributed by atoms with Crippen molar-refractivity contribution in [3.05, 3.63) is 45.6 Å². The minimum atomic E-state index is -0.188. The molecule has 0 unspecified atom stereocenters. The topological polar surface area (TPSA) is 64.6 Å². The first kappa shape index (κ1) is 14.6. The highest BCUT2D eigenvalue weighted by Crippen LogP contribution is 2.30. The second kappa shape index (κ2) is 6.19. The van der Waals surface area contributed by atoms with Crippen molar-refractivity contribution < 1.29 is 19.1 Å². The molecule has 3 rings (SSSR count). The maximum Gasteiger partial charge on any atom is 0.261 e. The lowest BCUT2D eigenvalue weighted by Crippen LogP contribution is -2.22. The van der Waals surface area contributed by atoms with Crippen LogP contribution >= 0.6 is 11.3 Å². The molecular weight excluding hydrogens is 302 g/mol. The quantitative estimate of drug-likeness (QED) is 0.881. The number of nitrogens with one attached hydrogen (secondary N) is 1. The molecule has 0 aliphatic carbocycles. The zero-order chi connectivity index (χ0) is 15.5. The number of carbonyl (C=O) groups excluding carboxylic acids is 2. The van der Waals surface area contributed by atoms with Gasteiger partial charge in [-0.3, -0.25) is 9.59 Å². The standard InChI is InChI=1S/C16H15NO4S/c1-10(18)14-4-5-15(22-14)16(19)17-9-11-2-3-12-13(8-11)21-7-6-20-12/h2-5,8H,6-7,9H2,1H3,(H,17,19).